The molecule has 6 nitrogen and oxygen atoms in total. The third-order valence-electron chi connectivity index (χ3n) is 4.96. The molecule has 2 aromatic carbocycles. The van der Waals surface area contributed by atoms with Crippen molar-refractivity contribution in [1.82, 2.24) is 14.8 Å². The van der Waals surface area contributed by atoms with E-state index in [1.54, 1.807) is 16.8 Å². The molecule has 0 atom stereocenters. The maximum absolute atomic E-state index is 12.2. The second kappa shape index (κ2) is 8.66. The molecule has 1 N–H and O–H groups in total. The average molecular weight is 445 g/mol. The number of aromatic nitrogens is 3. The zero-order valence-electron chi connectivity index (χ0n) is 16.7. The lowest BCUT2D eigenvalue weighted by Gasteiger charge is -2.24. The van der Waals surface area contributed by atoms with Crippen molar-refractivity contribution < 1.29 is 9.53 Å². The van der Waals surface area contributed by atoms with Gasteiger partial charge in [-0.3, -0.25) is 4.79 Å². The molecule has 0 spiro atoms. The molecule has 4 rings (SSSR count). The standard InChI is InChI=1S/C22H22Cl2N4O2/c1-13(2)30-22-26-20(15-6-11-18(23)19(24)12-15)28(27-22)17-9-7-16(8-10-17)25-21(29)14-4-3-5-14/h6-14H,3-5H2,1-2H3,(H,25,29). The van der Waals surface area contributed by atoms with Crippen LogP contribution in [0.15, 0.2) is 42.5 Å². The first-order valence-corrected chi connectivity index (χ1v) is 10.7. The Morgan fingerprint density at radius 2 is 1.87 bits per heavy atom. The van der Waals surface area contributed by atoms with E-state index in [-0.39, 0.29) is 23.9 Å². The molecule has 0 radical (unpaired) electrons. The highest BCUT2D eigenvalue weighted by molar-refractivity contribution is 6.42. The molecule has 1 saturated carbocycles. The number of rotatable bonds is 6. The molecule has 1 aromatic heterocycles. The van der Waals surface area contributed by atoms with Crippen molar-refractivity contribution in [2.75, 3.05) is 5.32 Å². The van der Waals surface area contributed by atoms with Crippen LogP contribution in [0.4, 0.5) is 5.69 Å². The van der Waals surface area contributed by atoms with Crippen molar-refractivity contribution in [1.29, 1.82) is 0 Å². The van der Waals surface area contributed by atoms with Crippen LogP contribution < -0.4 is 10.1 Å². The molecule has 0 aliphatic heterocycles. The van der Waals surface area contributed by atoms with Crippen LogP contribution in [0.3, 0.4) is 0 Å². The summed E-state index contributed by atoms with van der Waals surface area (Å²) >= 11 is 12.3. The fourth-order valence-electron chi connectivity index (χ4n) is 3.16. The molecule has 1 heterocycles. The average Bonchev–Trinajstić information content (AvgIpc) is 3.06. The van der Waals surface area contributed by atoms with Gasteiger partial charge < -0.3 is 10.1 Å². The maximum atomic E-state index is 12.2. The highest BCUT2D eigenvalue weighted by atomic mass is 35.5. The van der Waals surface area contributed by atoms with Gasteiger partial charge in [-0.05, 0) is 69.2 Å². The van der Waals surface area contributed by atoms with E-state index >= 15 is 0 Å². The van der Waals surface area contributed by atoms with E-state index in [9.17, 15) is 4.79 Å². The van der Waals surface area contributed by atoms with Gasteiger partial charge in [0.15, 0.2) is 5.82 Å². The summed E-state index contributed by atoms with van der Waals surface area (Å²) < 4.78 is 7.38. The molecule has 1 amide bonds. The van der Waals surface area contributed by atoms with E-state index in [0.717, 1.165) is 36.2 Å². The molecule has 0 bridgehead atoms. The lowest BCUT2D eigenvalue weighted by molar-refractivity contribution is -0.122. The summed E-state index contributed by atoms with van der Waals surface area (Å²) in [6.07, 6.45) is 3.00. The lowest BCUT2D eigenvalue weighted by atomic mass is 9.85. The monoisotopic (exact) mass is 444 g/mol. The summed E-state index contributed by atoms with van der Waals surface area (Å²) in [6.45, 7) is 3.83. The predicted octanol–water partition coefficient (Wildman–Crippen LogP) is 5.77. The second-order valence-corrected chi connectivity index (χ2v) is 8.40. The summed E-state index contributed by atoms with van der Waals surface area (Å²) in [5, 5.41) is 8.39. The van der Waals surface area contributed by atoms with Crippen LogP contribution >= 0.6 is 23.2 Å². The second-order valence-electron chi connectivity index (χ2n) is 7.59. The van der Waals surface area contributed by atoms with Crippen molar-refractivity contribution in [3.63, 3.8) is 0 Å². The molecular formula is C22H22Cl2N4O2. The SMILES string of the molecule is CC(C)Oc1nc(-c2ccc(Cl)c(Cl)c2)n(-c2ccc(NC(=O)C3CCC3)cc2)n1. The van der Waals surface area contributed by atoms with Crippen LogP contribution in [-0.4, -0.2) is 26.8 Å². The third kappa shape index (κ3) is 4.45. The van der Waals surface area contributed by atoms with Crippen LogP contribution in [0, 0.1) is 5.92 Å². The van der Waals surface area contributed by atoms with Crippen LogP contribution in [0.2, 0.25) is 10.0 Å². The zero-order valence-corrected chi connectivity index (χ0v) is 18.2. The fraction of sp³-hybridized carbons (Fsp3) is 0.318. The lowest BCUT2D eigenvalue weighted by Crippen LogP contribution is -2.27. The van der Waals surface area contributed by atoms with Crippen molar-refractivity contribution in [2.24, 2.45) is 5.92 Å². The molecule has 1 aliphatic rings. The number of nitrogens with zero attached hydrogens (tertiary/aromatic N) is 3. The van der Waals surface area contributed by atoms with Crippen LogP contribution in [0.25, 0.3) is 17.1 Å². The highest BCUT2D eigenvalue weighted by Gasteiger charge is 2.25. The van der Waals surface area contributed by atoms with Gasteiger partial charge in [0.05, 0.1) is 21.8 Å². The van der Waals surface area contributed by atoms with E-state index in [1.165, 1.54) is 0 Å². The number of hydrogen-bond donors (Lipinski definition) is 1. The number of benzene rings is 2. The molecule has 0 saturated heterocycles. The van der Waals surface area contributed by atoms with E-state index < -0.39 is 0 Å². The minimum atomic E-state index is -0.0633. The first kappa shape index (κ1) is 20.7. The summed E-state index contributed by atoms with van der Waals surface area (Å²) in [6, 6.07) is 13.0. The van der Waals surface area contributed by atoms with E-state index in [4.69, 9.17) is 27.9 Å². The van der Waals surface area contributed by atoms with Gasteiger partial charge in [-0.15, -0.1) is 5.10 Å². The zero-order chi connectivity index (χ0) is 21.3. The van der Waals surface area contributed by atoms with Gasteiger partial charge in [-0.2, -0.15) is 4.98 Å². The Bertz CT molecular complexity index is 1060. The van der Waals surface area contributed by atoms with Gasteiger partial charge in [0, 0.05) is 17.2 Å². The Balaban J connectivity index is 1.65. The predicted molar refractivity (Wildman–Crippen MR) is 119 cm³/mol. The number of anilines is 1. The minimum Gasteiger partial charge on any atom is -0.460 e. The smallest absolute Gasteiger partial charge is 0.336 e. The Morgan fingerprint density at radius 3 is 2.47 bits per heavy atom. The Kier molecular flexibility index (Phi) is 5.97. The van der Waals surface area contributed by atoms with Crippen LogP contribution in [-0.2, 0) is 4.79 Å². The number of nitrogens with one attached hydrogen (secondary N) is 1. The molecular weight excluding hydrogens is 423 g/mol. The number of hydrogen-bond acceptors (Lipinski definition) is 4. The minimum absolute atomic E-state index is 0.0633. The number of carbonyl (C=O) groups excluding carboxylic acids is 1. The summed E-state index contributed by atoms with van der Waals surface area (Å²) in [5.74, 6) is 0.798. The summed E-state index contributed by atoms with van der Waals surface area (Å²) in [5.41, 5.74) is 2.30. The van der Waals surface area contributed by atoms with Gasteiger partial charge >= 0.3 is 6.01 Å². The molecule has 1 fully saturated rings. The highest BCUT2D eigenvalue weighted by Crippen LogP contribution is 2.31. The van der Waals surface area contributed by atoms with Gasteiger partial charge in [-0.25, -0.2) is 4.68 Å². The Hall–Kier alpha value is -2.57. The van der Waals surface area contributed by atoms with Crippen molar-refractivity contribution in [3.8, 4) is 23.1 Å². The number of halogens is 2. The Labute approximate surface area is 185 Å². The van der Waals surface area contributed by atoms with E-state index in [0.29, 0.717) is 15.9 Å². The molecule has 8 heteroatoms. The first-order valence-electron chi connectivity index (χ1n) is 9.91. The topological polar surface area (TPSA) is 69.0 Å². The van der Waals surface area contributed by atoms with Crippen LogP contribution in [0.1, 0.15) is 33.1 Å². The van der Waals surface area contributed by atoms with Gasteiger partial charge in [-0.1, -0.05) is 29.6 Å². The summed E-state index contributed by atoms with van der Waals surface area (Å²) in [7, 11) is 0. The molecule has 0 unspecified atom stereocenters. The van der Waals surface area contributed by atoms with E-state index in [1.807, 2.05) is 44.2 Å². The van der Waals surface area contributed by atoms with Crippen molar-refractivity contribution in [2.45, 2.75) is 39.2 Å². The quantitative estimate of drug-likeness (QED) is 0.523. The molecule has 156 valence electrons. The maximum Gasteiger partial charge on any atom is 0.336 e. The number of carbonyl (C=O) groups is 1. The van der Waals surface area contributed by atoms with Gasteiger partial charge in [0.1, 0.15) is 0 Å². The number of amides is 1. The Morgan fingerprint density at radius 1 is 1.13 bits per heavy atom. The molecule has 3 aromatic rings. The molecule has 1 aliphatic carbocycles. The third-order valence-corrected chi connectivity index (χ3v) is 5.70. The fourth-order valence-corrected chi connectivity index (χ4v) is 3.45. The normalized spacial score (nSPS) is 13.9. The van der Waals surface area contributed by atoms with Crippen LogP contribution in [0.5, 0.6) is 6.01 Å². The van der Waals surface area contributed by atoms with Crippen molar-refractivity contribution >= 4 is 34.8 Å². The molecule has 30 heavy (non-hydrogen) atoms. The number of ether oxygens (including phenoxy) is 1. The summed E-state index contributed by atoms with van der Waals surface area (Å²) in [4.78, 5) is 16.7. The first-order chi connectivity index (χ1) is 14.4. The van der Waals surface area contributed by atoms with Gasteiger partial charge in [0.2, 0.25) is 5.91 Å². The largest absolute Gasteiger partial charge is 0.460 e. The van der Waals surface area contributed by atoms with E-state index in [2.05, 4.69) is 15.4 Å². The van der Waals surface area contributed by atoms with Gasteiger partial charge in [0.25, 0.3) is 0 Å². The van der Waals surface area contributed by atoms with Crippen molar-refractivity contribution in [3.05, 3.63) is 52.5 Å².